The van der Waals surface area contributed by atoms with E-state index in [4.69, 9.17) is 5.11 Å². The summed E-state index contributed by atoms with van der Waals surface area (Å²) in [6.07, 6.45) is 1.01. The first-order valence-corrected chi connectivity index (χ1v) is 8.87. The first-order valence-electron chi connectivity index (χ1n) is 8.87. The van der Waals surface area contributed by atoms with Gasteiger partial charge in [0, 0.05) is 18.2 Å². The number of rotatable bonds is 8. The minimum Gasteiger partial charge on any atom is -0.392 e. The average molecular weight is 340 g/mol. The van der Waals surface area contributed by atoms with Gasteiger partial charge in [-0.2, -0.15) is 0 Å². The van der Waals surface area contributed by atoms with Crippen LogP contribution in [-0.2, 0) is 6.61 Å². The largest absolute Gasteiger partial charge is 0.392 e. The molecule has 0 aromatic heterocycles. The quantitative estimate of drug-likeness (QED) is 0.775. The number of likely N-dealkylation sites (N-methyl/N-ethyl adjacent to an activating group) is 1. The molecule has 0 heterocycles. The van der Waals surface area contributed by atoms with E-state index in [1.165, 1.54) is 0 Å². The molecule has 2 N–H and O–H groups in total. The Morgan fingerprint density at radius 2 is 1.60 bits per heavy atom. The van der Waals surface area contributed by atoms with Gasteiger partial charge in [-0.1, -0.05) is 50.2 Å². The van der Waals surface area contributed by atoms with Crippen molar-refractivity contribution in [3.05, 3.63) is 59.7 Å². The Balaban J connectivity index is 1.99. The summed E-state index contributed by atoms with van der Waals surface area (Å²) in [6.45, 7) is 5.93. The lowest BCUT2D eigenvalue weighted by molar-refractivity contribution is 0.0938. The molecular weight excluding hydrogens is 312 g/mol. The predicted molar refractivity (Wildman–Crippen MR) is 103 cm³/mol. The van der Waals surface area contributed by atoms with Gasteiger partial charge < -0.3 is 15.3 Å². The smallest absolute Gasteiger partial charge is 0.251 e. The summed E-state index contributed by atoms with van der Waals surface area (Å²) in [5.74, 6) is -0.0369. The first kappa shape index (κ1) is 19.2. The van der Waals surface area contributed by atoms with E-state index in [-0.39, 0.29) is 12.5 Å². The number of hydrogen-bond donors (Lipinski definition) is 2. The molecule has 4 nitrogen and oxygen atoms in total. The molecular formula is C21H28N2O2. The standard InChI is InChI=1S/C21H28N2O2/c1-4-20(23(3)5-2)14-22-21(25)19-12-10-18(11-13-19)17-8-6-16(15-24)7-9-17/h6-13,20,24H,4-5,14-15H2,1-3H3,(H,22,25)/t20-/m1/s1. The molecule has 0 bridgehead atoms. The maximum Gasteiger partial charge on any atom is 0.251 e. The molecule has 2 rings (SSSR count). The van der Waals surface area contributed by atoms with Gasteiger partial charge in [0.25, 0.3) is 5.91 Å². The molecule has 0 spiro atoms. The summed E-state index contributed by atoms with van der Waals surface area (Å²) in [5.41, 5.74) is 3.69. The van der Waals surface area contributed by atoms with E-state index < -0.39 is 0 Å². The van der Waals surface area contributed by atoms with E-state index in [9.17, 15) is 4.79 Å². The zero-order valence-corrected chi connectivity index (χ0v) is 15.3. The van der Waals surface area contributed by atoms with Crippen molar-refractivity contribution in [3.63, 3.8) is 0 Å². The third-order valence-electron chi connectivity index (χ3n) is 4.71. The molecule has 25 heavy (non-hydrogen) atoms. The van der Waals surface area contributed by atoms with Crippen LogP contribution in [0.3, 0.4) is 0 Å². The van der Waals surface area contributed by atoms with Crippen molar-refractivity contribution in [1.29, 1.82) is 0 Å². The third-order valence-corrected chi connectivity index (χ3v) is 4.71. The van der Waals surface area contributed by atoms with Gasteiger partial charge in [0.2, 0.25) is 0 Å². The molecule has 0 fully saturated rings. The summed E-state index contributed by atoms with van der Waals surface area (Å²) in [5, 5.41) is 12.1. The predicted octanol–water partition coefficient (Wildman–Crippen LogP) is 3.31. The van der Waals surface area contributed by atoms with E-state index in [0.717, 1.165) is 29.7 Å². The molecule has 0 saturated heterocycles. The number of amides is 1. The molecule has 0 unspecified atom stereocenters. The number of nitrogens with zero attached hydrogens (tertiary/aromatic N) is 1. The van der Waals surface area contributed by atoms with Crippen LogP contribution in [0.2, 0.25) is 0 Å². The van der Waals surface area contributed by atoms with E-state index in [0.29, 0.717) is 18.2 Å². The van der Waals surface area contributed by atoms with Crippen LogP contribution in [0.1, 0.15) is 36.2 Å². The zero-order valence-electron chi connectivity index (χ0n) is 15.3. The second-order valence-electron chi connectivity index (χ2n) is 6.28. The van der Waals surface area contributed by atoms with Gasteiger partial charge in [-0.25, -0.2) is 0 Å². The Labute approximate surface area is 150 Å². The molecule has 0 aliphatic carbocycles. The Hall–Kier alpha value is -2.17. The van der Waals surface area contributed by atoms with Gasteiger partial charge in [-0.3, -0.25) is 4.79 Å². The minimum atomic E-state index is -0.0369. The van der Waals surface area contributed by atoms with Crippen LogP contribution in [0.5, 0.6) is 0 Å². The van der Waals surface area contributed by atoms with Crippen LogP contribution in [0.15, 0.2) is 48.5 Å². The maximum atomic E-state index is 12.3. The third kappa shape index (κ3) is 5.15. The molecule has 134 valence electrons. The van der Waals surface area contributed by atoms with Crippen LogP contribution in [0.4, 0.5) is 0 Å². The number of carbonyl (C=O) groups is 1. The van der Waals surface area contributed by atoms with Gasteiger partial charge in [0.15, 0.2) is 0 Å². The molecule has 2 aromatic carbocycles. The fourth-order valence-corrected chi connectivity index (χ4v) is 2.80. The number of carbonyl (C=O) groups excluding carboxylic acids is 1. The summed E-state index contributed by atoms with van der Waals surface area (Å²) >= 11 is 0. The zero-order chi connectivity index (χ0) is 18.2. The number of benzene rings is 2. The van der Waals surface area contributed by atoms with E-state index in [1.54, 1.807) is 0 Å². The van der Waals surface area contributed by atoms with Crippen molar-refractivity contribution < 1.29 is 9.90 Å². The molecule has 1 atom stereocenters. The second-order valence-corrected chi connectivity index (χ2v) is 6.28. The van der Waals surface area contributed by atoms with Gasteiger partial charge in [-0.05, 0) is 48.8 Å². The van der Waals surface area contributed by atoms with Crippen LogP contribution in [-0.4, -0.2) is 42.1 Å². The monoisotopic (exact) mass is 340 g/mol. The number of nitrogens with one attached hydrogen (secondary N) is 1. The molecule has 0 saturated carbocycles. The lowest BCUT2D eigenvalue weighted by Gasteiger charge is -2.25. The topological polar surface area (TPSA) is 52.6 Å². The first-order chi connectivity index (χ1) is 12.1. The summed E-state index contributed by atoms with van der Waals surface area (Å²) < 4.78 is 0. The molecule has 1 amide bonds. The second kappa shape index (κ2) is 9.35. The number of aliphatic hydroxyl groups is 1. The highest BCUT2D eigenvalue weighted by Crippen LogP contribution is 2.20. The Kier molecular flexibility index (Phi) is 7.16. The molecule has 2 aromatic rings. The molecule has 0 radical (unpaired) electrons. The summed E-state index contributed by atoms with van der Waals surface area (Å²) in [4.78, 5) is 14.6. The Bertz CT molecular complexity index is 665. The average Bonchev–Trinajstić information content (AvgIpc) is 2.68. The highest BCUT2D eigenvalue weighted by Gasteiger charge is 2.13. The van der Waals surface area contributed by atoms with Gasteiger partial charge in [0.1, 0.15) is 0 Å². The van der Waals surface area contributed by atoms with Crippen molar-refractivity contribution in [2.45, 2.75) is 32.9 Å². The normalized spacial score (nSPS) is 12.2. The Morgan fingerprint density at radius 1 is 1.04 bits per heavy atom. The van der Waals surface area contributed by atoms with E-state index >= 15 is 0 Å². The number of aliphatic hydroxyl groups excluding tert-OH is 1. The minimum absolute atomic E-state index is 0.0369. The fourth-order valence-electron chi connectivity index (χ4n) is 2.80. The van der Waals surface area contributed by atoms with Crippen LogP contribution < -0.4 is 5.32 Å². The van der Waals surface area contributed by atoms with Gasteiger partial charge >= 0.3 is 0 Å². The SMILES string of the molecule is CC[C@H](CNC(=O)c1ccc(-c2ccc(CO)cc2)cc1)N(C)CC. The van der Waals surface area contributed by atoms with Crippen LogP contribution in [0, 0.1) is 0 Å². The summed E-state index contributed by atoms with van der Waals surface area (Å²) in [6, 6.07) is 15.8. The van der Waals surface area contributed by atoms with Crippen LogP contribution in [0.25, 0.3) is 11.1 Å². The van der Waals surface area contributed by atoms with Crippen molar-refractivity contribution >= 4 is 5.91 Å². The highest BCUT2D eigenvalue weighted by atomic mass is 16.3. The Morgan fingerprint density at radius 3 is 2.08 bits per heavy atom. The van der Waals surface area contributed by atoms with Crippen molar-refractivity contribution in [3.8, 4) is 11.1 Å². The van der Waals surface area contributed by atoms with Gasteiger partial charge in [-0.15, -0.1) is 0 Å². The maximum absolute atomic E-state index is 12.3. The van der Waals surface area contributed by atoms with Crippen molar-refractivity contribution in [2.24, 2.45) is 0 Å². The van der Waals surface area contributed by atoms with Gasteiger partial charge in [0.05, 0.1) is 6.61 Å². The fraction of sp³-hybridized carbons (Fsp3) is 0.381. The number of hydrogen-bond acceptors (Lipinski definition) is 3. The van der Waals surface area contributed by atoms with Crippen molar-refractivity contribution in [2.75, 3.05) is 20.1 Å². The van der Waals surface area contributed by atoms with E-state index in [2.05, 4.69) is 31.1 Å². The van der Waals surface area contributed by atoms with E-state index in [1.807, 2.05) is 48.5 Å². The lowest BCUT2D eigenvalue weighted by Crippen LogP contribution is -2.41. The lowest BCUT2D eigenvalue weighted by atomic mass is 10.0. The van der Waals surface area contributed by atoms with Crippen molar-refractivity contribution in [1.82, 2.24) is 10.2 Å². The molecule has 4 heteroatoms. The summed E-state index contributed by atoms with van der Waals surface area (Å²) in [7, 11) is 2.08. The highest BCUT2D eigenvalue weighted by molar-refractivity contribution is 5.94. The van der Waals surface area contributed by atoms with Crippen LogP contribution >= 0.6 is 0 Å². The molecule has 0 aliphatic heterocycles. The molecule has 0 aliphatic rings.